The topological polar surface area (TPSA) is 33.0 Å². The molecule has 0 saturated carbocycles. The molecule has 0 aromatic heterocycles. The number of benzene rings is 3. The van der Waals surface area contributed by atoms with E-state index in [0.29, 0.717) is 12.2 Å². The van der Waals surface area contributed by atoms with Gasteiger partial charge in [-0.05, 0) is 46.1 Å². The third kappa shape index (κ3) is 4.72. The van der Waals surface area contributed by atoms with Gasteiger partial charge in [-0.2, -0.15) is 5.26 Å². The van der Waals surface area contributed by atoms with Crippen molar-refractivity contribution < 1.29 is 4.74 Å². The molecule has 3 aromatic rings. The fourth-order valence-electron chi connectivity index (χ4n) is 3.47. The lowest BCUT2D eigenvalue weighted by atomic mass is 9.93. The Bertz CT molecular complexity index is 1060. The van der Waals surface area contributed by atoms with Crippen molar-refractivity contribution in [1.29, 1.82) is 5.26 Å². The summed E-state index contributed by atoms with van der Waals surface area (Å²) in [6.45, 7) is 0.542. The van der Waals surface area contributed by atoms with E-state index in [0.717, 1.165) is 37.0 Å². The number of rotatable bonds is 6. The Labute approximate surface area is 174 Å². The lowest BCUT2D eigenvalue weighted by Crippen LogP contribution is -2.08. The molecule has 0 aliphatic carbocycles. The highest BCUT2D eigenvalue weighted by Crippen LogP contribution is 2.36. The van der Waals surface area contributed by atoms with Gasteiger partial charge < -0.3 is 4.74 Å². The van der Waals surface area contributed by atoms with Gasteiger partial charge in [0.1, 0.15) is 6.10 Å². The first-order valence-electron chi connectivity index (χ1n) is 9.70. The molecule has 2 unspecified atom stereocenters. The van der Waals surface area contributed by atoms with E-state index in [1.54, 1.807) is 0 Å². The van der Waals surface area contributed by atoms with Crippen molar-refractivity contribution in [2.45, 2.75) is 12.7 Å². The molecule has 1 aliphatic rings. The van der Waals surface area contributed by atoms with Crippen LogP contribution >= 0.6 is 8.58 Å². The summed E-state index contributed by atoms with van der Waals surface area (Å²) in [4.78, 5) is 0. The van der Waals surface area contributed by atoms with Crippen LogP contribution in [0.25, 0.3) is 11.1 Å². The second-order valence-corrected chi connectivity index (χ2v) is 8.02. The van der Waals surface area contributed by atoms with Crippen molar-refractivity contribution >= 4 is 8.58 Å². The van der Waals surface area contributed by atoms with Crippen LogP contribution in [0.5, 0.6) is 0 Å². The molecule has 1 aliphatic heterocycles. The van der Waals surface area contributed by atoms with Crippen molar-refractivity contribution in [1.82, 2.24) is 0 Å². The maximum Gasteiger partial charge on any atom is 0.108 e. The highest BCUT2D eigenvalue weighted by atomic mass is 31.1. The molecular weight excluding hydrogens is 373 g/mol. The summed E-state index contributed by atoms with van der Waals surface area (Å²) in [5, 5.41) is 9.61. The van der Waals surface area contributed by atoms with Crippen LogP contribution in [0.2, 0.25) is 0 Å². The zero-order valence-corrected chi connectivity index (χ0v) is 17.1. The molecule has 0 bridgehead atoms. The summed E-state index contributed by atoms with van der Waals surface area (Å²) in [7, 11) is 0.777. The smallest absolute Gasteiger partial charge is 0.108 e. The van der Waals surface area contributed by atoms with Gasteiger partial charge in [-0.15, -0.1) is 0 Å². The molecule has 29 heavy (non-hydrogen) atoms. The molecule has 0 radical (unpaired) electrons. The number of hydrogen-bond acceptors (Lipinski definition) is 2. The molecule has 1 heterocycles. The van der Waals surface area contributed by atoms with Crippen LogP contribution < -0.4 is 0 Å². The Balaban J connectivity index is 1.71. The fraction of sp³-hybridized carbons (Fsp3) is 0.115. The van der Waals surface area contributed by atoms with Gasteiger partial charge in [0.05, 0.1) is 18.2 Å². The Hall–Kier alpha value is -2.98. The zero-order valence-electron chi connectivity index (χ0n) is 16.1. The monoisotopic (exact) mass is 395 g/mol. The Morgan fingerprint density at radius 3 is 2.41 bits per heavy atom. The number of nitrogens with zero attached hydrogens (tertiary/aromatic N) is 1. The predicted octanol–water partition coefficient (Wildman–Crippen LogP) is 6.62. The van der Waals surface area contributed by atoms with E-state index in [1.165, 1.54) is 5.57 Å². The summed E-state index contributed by atoms with van der Waals surface area (Å²) in [6.07, 6.45) is 5.33. The first-order chi connectivity index (χ1) is 14.3. The zero-order chi connectivity index (χ0) is 19.9. The van der Waals surface area contributed by atoms with Gasteiger partial charge in [-0.3, -0.25) is 0 Å². The van der Waals surface area contributed by atoms with Gasteiger partial charge in [-0.1, -0.05) is 93.3 Å². The maximum absolute atomic E-state index is 9.61. The van der Waals surface area contributed by atoms with Crippen molar-refractivity contribution in [2.24, 2.45) is 0 Å². The van der Waals surface area contributed by atoms with Crippen LogP contribution in [-0.2, 0) is 11.3 Å². The Morgan fingerprint density at radius 1 is 0.966 bits per heavy atom. The molecule has 142 valence electrons. The summed E-state index contributed by atoms with van der Waals surface area (Å²) in [5.41, 5.74) is 6.08. The highest BCUT2D eigenvalue weighted by molar-refractivity contribution is 7.42. The molecule has 2 nitrogen and oxygen atoms in total. The van der Waals surface area contributed by atoms with Gasteiger partial charge in [0.15, 0.2) is 0 Å². The molecule has 4 rings (SSSR count). The van der Waals surface area contributed by atoms with E-state index < -0.39 is 0 Å². The first kappa shape index (κ1) is 19.3. The second kappa shape index (κ2) is 9.48. The Kier molecular flexibility index (Phi) is 6.32. The summed E-state index contributed by atoms with van der Waals surface area (Å²) < 4.78 is 6.42. The molecule has 0 spiro atoms. The van der Waals surface area contributed by atoms with Crippen LogP contribution in [0.4, 0.5) is 0 Å². The van der Waals surface area contributed by atoms with Crippen LogP contribution in [0, 0.1) is 11.3 Å². The summed E-state index contributed by atoms with van der Waals surface area (Å²) in [5.74, 6) is 2.29. The molecular formula is C26H22NOP. The average Bonchev–Trinajstić information content (AvgIpc) is 2.81. The van der Waals surface area contributed by atoms with Gasteiger partial charge in [0.25, 0.3) is 0 Å². The normalized spacial score (nSPS) is 14.9. The van der Waals surface area contributed by atoms with E-state index in [4.69, 9.17) is 4.74 Å². The number of nitriles is 1. The van der Waals surface area contributed by atoms with Crippen LogP contribution in [0.3, 0.4) is 0 Å². The maximum atomic E-state index is 9.61. The van der Waals surface area contributed by atoms with Gasteiger partial charge in [0, 0.05) is 0 Å². The van der Waals surface area contributed by atoms with E-state index in [-0.39, 0.29) is 6.10 Å². The molecule has 0 fully saturated rings. The van der Waals surface area contributed by atoms with Crippen molar-refractivity contribution in [3.63, 3.8) is 0 Å². The number of hydrogen-bond donors (Lipinski definition) is 0. The van der Waals surface area contributed by atoms with Crippen LogP contribution in [0.15, 0.2) is 102 Å². The van der Waals surface area contributed by atoms with Crippen LogP contribution in [0.1, 0.15) is 22.8 Å². The average molecular weight is 395 g/mol. The number of ether oxygens (including phenoxy) is 1. The van der Waals surface area contributed by atoms with Gasteiger partial charge >= 0.3 is 0 Å². The fourth-order valence-corrected chi connectivity index (χ4v) is 4.32. The van der Waals surface area contributed by atoms with Gasteiger partial charge in [-0.25, -0.2) is 0 Å². The van der Waals surface area contributed by atoms with Crippen molar-refractivity contribution in [3.05, 3.63) is 119 Å². The lowest BCUT2D eigenvalue weighted by Gasteiger charge is -2.22. The molecule has 3 aromatic carbocycles. The second-order valence-electron chi connectivity index (χ2n) is 6.91. The van der Waals surface area contributed by atoms with E-state index in [9.17, 15) is 5.26 Å². The van der Waals surface area contributed by atoms with Crippen molar-refractivity contribution in [3.8, 4) is 17.2 Å². The summed E-state index contributed by atoms with van der Waals surface area (Å²) in [6, 6.07) is 28.7. The lowest BCUT2D eigenvalue weighted by molar-refractivity contribution is 0.0664. The van der Waals surface area contributed by atoms with Crippen molar-refractivity contribution in [2.75, 3.05) is 6.16 Å². The molecule has 0 N–H and O–H groups in total. The summed E-state index contributed by atoms with van der Waals surface area (Å²) >= 11 is 0. The van der Waals surface area contributed by atoms with E-state index >= 15 is 0 Å². The third-order valence-electron chi connectivity index (χ3n) is 4.93. The first-order valence-corrected chi connectivity index (χ1v) is 11.0. The third-order valence-corrected chi connectivity index (χ3v) is 5.94. The molecule has 0 amide bonds. The minimum atomic E-state index is -0.158. The highest BCUT2D eigenvalue weighted by Gasteiger charge is 2.19. The van der Waals surface area contributed by atoms with E-state index in [1.807, 2.05) is 60.7 Å². The van der Waals surface area contributed by atoms with E-state index in [2.05, 4.69) is 42.2 Å². The molecule has 2 atom stereocenters. The largest absolute Gasteiger partial charge is 0.364 e. The minimum Gasteiger partial charge on any atom is -0.364 e. The molecule has 3 heteroatoms. The quantitative estimate of drug-likeness (QED) is 0.440. The standard InChI is InChI=1S/C26H22NOP/c27-17-23-14-13-22(16-25(23)21-10-5-2-6-11-21)26(24-12-7-15-29-19-24)28-18-20-8-3-1-4-9-20/h1-14,16,19,26,29H,15,18H2. The SMILES string of the molecule is N#Cc1ccc(C(OCc2ccccc2)C2=CPCC=C2)cc1-c1ccccc1. The van der Waals surface area contributed by atoms with Gasteiger partial charge in [0.2, 0.25) is 0 Å². The number of allylic oxidation sites excluding steroid dienone is 1. The predicted molar refractivity (Wildman–Crippen MR) is 121 cm³/mol. The molecule has 0 saturated heterocycles. The van der Waals surface area contributed by atoms with Crippen LogP contribution in [-0.4, -0.2) is 6.16 Å². The minimum absolute atomic E-state index is 0.158. The Morgan fingerprint density at radius 2 is 1.72 bits per heavy atom.